The van der Waals surface area contributed by atoms with Crippen molar-refractivity contribution < 1.29 is 14.3 Å². The number of nitrogens with zero attached hydrogens (tertiary/aromatic N) is 1. The first-order valence-corrected chi connectivity index (χ1v) is 9.61. The SMILES string of the molecule is CCOc1cccc(N2C(=O)C(SCC)=C(c3ccc(C)cc3)C2=O)c1. The largest absolute Gasteiger partial charge is 0.494 e. The maximum Gasteiger partial charge on any atom is 0.272 e. The van der Waals surface area contributed by atoms with Crippen LogP contribution >= 0.6 is 11.8 Å². The number of hydrogen-bond donors (Lipinski definition) is 0. The van der Waals surface area contributed by atoms with Crippen LogP contribution in [0.5, 0.6) is 5.75 Å². The molecule has 0 N–H and O–H groups in total. The van der Waals surface area contributed by atoms with Crippen LogP contribution in [0.15, 0.2) is 53.4 Å². The molecule has 0 fully saturated rings. The molecule has 2 aromatic rings. The molecule has 1 heterocycles. The fourth-order valence-corrected chi connectivity index (χ4v) is 3.73. The average molecular weight is 367 g/mol. The van der Waals surface area contributed by atoms with Gasteiger partial charge < -0.3 is 4.74 Å². The van der Waals surface area contributed by atoms with E-state index in [1.165, 1.54) is 16.7 Å². The fraction of sp³-hybridized carbons (Fsp3) is 0.238. The molecule has 0 unspecified atom stereocenters. The molecule has 0 spiro atoms. The van der Waals surface area contributed by atoms with Crippen molar-refractivity contribution in [3.05, 3.63) is 64.6 Å². The van der Waals surface area contributed by atoms with Gasteiger partial charge in [-0.15, -0.1) is 11.8 Å². The average Bonchev–Trinajstić information content (AvgIpc) is 2.87. The Morgan fingerprint density at radius 2 is 1.73 bits per heavy atom. The molecule has 1 aliphatic heterocycles. The minimum atomic E-state index is -0.288. The number of rotatable bonds is 6. The molecule has 0 radical (unpaired) electrons. The van der Waals surface area contributed by atoms with Gasteiger partial charge in [-0.05, 0) is 37.3 Å². The molecular formula is C21H21NO3S. The van der Waals surface area contributed by atoms with E-state index in [1.807, 2.05) is 51.1 Å². The lowest BCUT2D eigenvalue weighted by Gasteiger charge is -2.16. The summed E-state index contributed by atoms with van der Waals surface area (Å²) in [4.78, 5) is 27.9. The van der Waals surface area contributed by atoms with Crippen molar-refractivity contribution in [3.63, 3.8) is 0 Å². The zero-order valence-electron chi connectivity index (χ0n) is 15.1. The van der Waals surface area contributed by atoms with E-state index in [2.05, 4.69) is 0 Å². The van der Waals surface area contributed by atoms with E-state index >= 15 is 0 Å². The number of amides is 2. The summed E-state index contributed by atoms with van der Waals surface area (Å²) in [5.74, 6) is 0.796. The summed E-state index contributed by atoms with van der Waals surface area (Å²) in [6.07, 6.45) is 0. The van der Waals surface area contributed by atoms with Crippen LogP contribution in [0.3, 0.4) is 0 Å². The Kier molecular flexibility index (Phi) is 5.47. The minimum Gasteiger partial charge on any atom is -0.494 e. The van der Waals surface area contributed by atoms with Gasteiger partial charge in [-0.2, -0.15) is 0 Å². The fourth-order valence-electron chi connectivity index (χ4n) is 2.88. The van der Waals surface area contributed by atoms with E-state index in [9.17, 15) is 9.59 Å². The number of ether oxygens (including phenoxy) is 1. The Labute approximate surface area is 157 Å². The second kappa shape index (κ2) is 7.79. The second-order valence-electron chi connectivity index (χ2n) is 5.88. The highest BCUT2D eigenvalue weighted by atomic mass is 32.2. The third kappa shape index (κ3) is 3.40. The lowest BCUT2D eigenvalue weighted by atomic mass is 10.0. The molecule has 2 amide bonds. The molecule has 134 valence electrons. The number of thioether (sulfide) groups is 1. The summed E-state index contributed by atoms with van der Waals surface area (Å²) in [5.41, 5.74) is 2.89. The number of aryl methyl sites for hydroxylation is 1. The van der Waals surface area contributed by atoms with Gasteiger partial charge in [-0.1, -0.05) is 42.8 Å². The van der Waals surface area contributed by atoms with Crippen molar-refractivity contribution >= 4 is 34.8 Å². The number of hydrogen-bond acceptors (Lipinski definition) is 4. The lowest BCUT2D eigenvalue weighted by molar-refractivity contribution is -0.119. The van der Waals surface area contributed by atoms with Crippen LogP contribution in [0, 0.1) is 6.92 Å². The van der Waals surface area contributed by atoms with Crippen LogP contribution in [0.1, 0.15) is 25.0 Å². The predicted octanol–water partition coefficient (Wildman–Crippen LogP) is 4.43. The van der Waals surface area contributed by atoms with Crippen molar-refractivity contribution in [3.8, 4) is 5.75 Å². The molecule has 3 rings (SSSR count). The smallest absolute Gasteiger partial charge is 0.272 e. The van der Waals surface area contributed by atoms with Crippen molar-refractivity contribution in [2.24, 2.45) is 0 Å². The number of imide groups is 1. The van der Waals surface area contributed by atoms with Gasteiger partial charge in [0, 0.05) is 6.07 Å². The van der Waals surface area contributed by atoms with E-state index < -0.39 is 0 Å². The highest BCUT2D eigenvalue weighted by Crippen LogP contribution is 2.39. The van der Waals surface area contributed by atoms with Crippen molar-refractivity contribution in [2.75, 3.05) is 17.3 Å². The van der Waals surface area contributed by atoms with E-state index in [4.69, 9.17) is 4.74 Å². The summed E-state index contributed by atoms with van der Waals surface area (Å²) < 4.78 is 5.51. The zero-order valence-corrected chi connectivity index (χ0v) is 15.9. The Morgan fingerprint density at radius 1 is 1.00 bits per heavy atom. The predicted molar refractivity (Wildman–Crippen MR) is 106 cm³/mol. The Morgan fingerprint density at radius 3 is 2.38 bits per heavy atom. The number of anilines is 1. The van der Waals surface area contributed by atoms with Crippen LogP contribution in [0.2, 0.25) is 0 Å². The molecule has 0 bridgehead atoms. The Bertz CT molecular complexity index is 871. The molecule has 0 aromatic heterocycles. The van der Waals surface area contributed by atoms with E-state index in [1.54, 1.807) is 18.2 Å². The van der Waals surface area contributed by atoms with Gasteiger partial charge in [0.15, 0.2) is 0 Å². The summed E-state index contributed by atoms with van der Waals surface area (Å²) in [7, 11) is 0. The van der Waals surface area contributed by atoms with Crippen molar-refractivity contribution in [1.29, 1.82) is 0 Å². The minimum absolute atomic E-state index is 0.272. The molecule has 26 heavy (non-hydrogen) atoms. The molecule has 0 saturated heterocycles. The van der Waals surface area contributed by atoms with E-state index in [0.29, 0.717) is 28.5 Å². The third-order valence-corrected chi connectivity index (χ3v) is 5.01. The van der Waals surface area contributed by atoms with Crippen LogP contribution in [0.25, 0.3) is 5.57 Å². The quantitative estimate of drug-likeness (QED) is 0.709. The molecule has 1 aliphatic rings. The maximum atomic E-state index is 13.1. The van der Waals surface area contributed by atoms with Gasteiger partial charge in [0.1, 0.15) is 5.75 Å². The highest BCUT2D eigenvalue weighted by molar-refractivity contribution is 8.04. The number of carbonyl (C=O) groups is 2. The van der Waals surface area contributed by atoms with Crippen molar-refractivity contribution in [1.82, 2.24) is 0 Å². The van der Waals surface area contributed by atoms with Crippen LogP contribution < -0.4 is 9.64 Å². The third-order valence-electron chi connectivity index (χ3n) is 4.06. The summed E-state index contributed by atoms with van der Waals surface area (Å²) in [6.45, 7) is 6.38. The zero-order chi connectivity index (χ0) is 18.7. The van der Waals surface area contributed by atoms with Gasteiger partial charge in [-0.3, -0.25) is 9.59 Å². The van der Waals surface area contributed by atoms with Gasteiger partial charge >= 0.3 is 0 Å². The summed E-state index contributed by atoms with van der Waals surface area (Å²) in [5, 5.41) is 0. The molecular weight excluding hydrogens is 346 g/mol. The van der Waals surface area contributed by atoms with Gasteiger partial charge in [0.05, 0.1) is 22.8 Å². The molecule has 0 aliphatic carbocycles. The van der Waals surface area contributed by atoms with E-state index in [0.717, 1.165) is 16.9 Å². The standard InChI is InChI=1S/C21H21NO3S/c1-4-25-17-8-6-7-16(13-17)22-20(23)18(19(21(22)24)26-5-2)15-11-9-14(3)10-12-15/h6-13H,4-5H2,1-3H3. The van der Waals surface area contributed by atoms with Gasteiger partial charge in [-0.25, -0.2) is 4.90 Å². The molecule has 2 aromatic carbocycles. The van der Waals surface area contributed by atoms with E-state index in [-0.39, 0.29) is 11.8 Å². The number of carbonyl (C=O) groups excluding carboxylic acids is 2. The lowest BCUT2D eigenvalue weighted by Crippen LogP contribution is -2.31. The van der Waals surface area contributed by atoms with Crippen molar-refractivity contribution in [2.45, 2.75) is 20.8 Å². The maximum absolute atomic E-state index is 13.1. The molecule has 4 nitrogen and oxygen atoms in total. The van der Waals surface area contributed by atoms with Crippen LogP contribution in [-0.2, 0) is 9.59 Å². The van der Waals surface area contributed by atoms with Crippen LogP contribution in [0.4, 0.5) is 5.69 Å². The summed E-state index contributed by atoms with van der Waals surface area (Å²) >= 11 is 1.41. The van der Waals surface area contributed by atoms with Crippen LogP contribution in [-0.4, -0.2) is 24.2 Å². The first kappa shape index (κ1) is 18.3. The highest BCUT2D eigenvalue weighted by Gasteiger charge is 2.40. The molecule has 5 heteroatoms. The second-order valence-corrected chi connectivity index (χ2v) is 7.15. The first-order valence-electron chi connectivity index (χ1n) is 8.62. The summed E-state index contributed by atoms with van der Waals surface area (Å²) in [6, 6.07) is 14.8. The van der Waals surface area contributed by atoms with Gasteiger partial charge in [0.2, 0.25) is 0 Å². The number of benzene rings is 2. The van der Waals surface area contributed by atoms with Gasteiger partial charge in [0.25, 0.3) is 11.8 Å². The Hall–Kier alpha value is -2.53. The first-order chi connectivity index (χ1) is 12.6. The normalized spacial score (nSPS) is 14.3. The monoisotopic (exact) mass is 367 g/mol. The Balaban J connectivity index is 2.04. The molecule has 0 saturated carbocycles. The topological polar surface area (TPSA) is 46.6 Å². The molecule has 0 atom stereocenters.